The molecule has 0 amide bonds. The SMILES string of the molecule is CC(O)C1CCCCN1Cc1cc(=O)oc2cc3c(cc12)CCC3. The van der Waals surface area contributed by atoms with Gasteiger partial charge < -0.3 is 9.52 Å². The van der Waals surface area contributed by atoms with Crippen LogP contribution in [0, 0.1) is 0 Å². The third-order valence-corrected chi connectivity index (χ3v) is 5.64. The Hall–Kier alpha value is -1.65. The standard InChI is InChI=1S/C20H25NO3/c1-13(22)18-7-2-3-8-21(18)12-16-11-20(23)24-19-10-15-6-4-5-14(15)9-17(16)19/h9-11,13,18,22H,2-8,12H2,1H3. The van der Waals surface area contributed by atoms with E-state index in [4.69, 9.17) is 4.42 Å². The maximum Gasteiger partial charge on any atom is 0.336 e. The van der Waals surface area contributed by atoms with Gasteiger partial charge in [0.25, 0.3) is 0 Å². The van der Waals surface area contributed by atoms with Crippen molar-refractivity contribution in [1.82, 2.24) is 4.90 Å². The van der Waals surface area contributed by atoms with Crippen LogP contribution in [-0.2, 0) is 19.4 Å². The summed E-state index contributed by atoms with van der Waals surface area (Å²) in [6.07, 6.45) is 6.36. The fourth-order valence-corrected chi connectivity index (χ4v) is 4.40. The number of fused-ring (bicyclic) bond motifs is 2. The van der Waals surface area contributed by atoms with Crippen LogP contribution in [-0.4, -0.2) is 28.7 Å². The van der Waals surface area contributed by atoms with Gasteiger partial charge in [0.1, 0.15) is 5.58 Å². The van der Waals surface area contributed by atoms with Gasteiger partial charge in [0.2, 0.25) is 0 Å². The smallest absolute Gasteiger partial charge is 0.336 e. The maximum absolute atomic E-state index is 12.0. The average Bonchev–Trinajstić information content (AvgIpc) is 3.00. The second kappa shape index (κ2) is 6.34. The first-order chi connectivity index (χ1) is 11.6. The van der Waals surface area contributed by atoms with Crippen LogP contribution in [0.15, 0.2) is 27.4 Å². The molecule has 4 heteroatoms. The lowest BCUT2D eigenvalue weighted by Gasteiger charge is -2.37. The molecule has 1 N–H and O–H groups in total. The van der Waals surface area contributed by atoms with Gasteiger partial charge in [-0.2, -0.15) is 0 Å². The minimum absolute atomic E-state index is 0.176. The van der Waals surface area contributed by atoms with Crippen molar-refractivity contribution in [3.8, 4) is 0 Å². The highest BCUT2D eigenvalue weighted by Crippen LogP contribution is 2.30. The topological polar surface area (TPSA) is 53.7 Å². The first-order valence-electron chi connectivity index (χ1n) is 9.12. The minimum Gasteiger partial charge on any atom is -0.423 e. The predicted octanol–water partition coefficient (Wildman–Crippen LogP) is 3.02. The molecule has 1 aliphatic heterocycles. The molecule has 2 heterocycles. The number of piperidine rings is 1. The fourth-order valence-electron chi connectivity index (χ4n) is 4.40. The predicted molar refractivity (Wildman–Crippen MR) is 94.2 cm³/mol. The molecule has 1 saturated heterocycles. The summed E-state index contributed by atoms with van der Waals surface area (Å²) >= 11 is 0. The third kappa shape index (κ3) is 2.89. The number of aliphatic hydroxyl groups excluding tert-OH is 1. The Morgan fingerprint density at radius 3 is 2.79 bits per heavy atom. The summed E-state index contributed by atoms with van der Waals surface area (Å²) in [5.41, 5.74) is 4.18. The monoisotopic (exact) mass is 327 g/mol. The summed E-state index contributed by atoms with van der Waals surface area (Å²) in [5.74, 6) is 0. The van der Waals surface area contributed by atoms with E-state index in [1.54, 1.807) is 6.07 Å². The van der Waals surface area contributed by atoms with Crippen LogP contribution in [0.5, 0.6) is 0 Å². The Labute approximate surface area is 142 Å². The summed E-state index contributed by atoms with van der Waals surface area (Å²) in [5, 5.41) is 11.2. The van der Waals surface area contributed by atoms with Gasteiger partial charge in [0, 0.05) is 24.0 Å². The lowest BCUT2D eigenvalue weighted by atomic mass is 9.96. The zero-order valence-electron chi connectivity index (χ0n) is 14.3. The summed E-state index contributed by atoms with van der Waals surface area (Å²) in [4.78, 5) is 14.4. The van der Waals surface area contributed by atoms with Crippen molar-refractivity contribution >= 4 is 11.0 Å². The highest BCUT2D eigenvalue weighted by Gasteiger charge is 2.27. The quantitative estimate of drug-likeness (QED) is 0.881. The second-order valence-corrected chi connectivity index (χ2v) is 7.34. The zero-order chi connectivity index (χ0) is 16.7. The molecule has 24 heavy (non-hydrogen) atoms. The van der Waals surface area contributed by atoms with Gasteiger partial charge in [0.05, 0.1) is 6.10 Å². The molecule has 2 unspecified atom stereocenters. The van der Waals surface area contributed by atoms with E-state index in [-0.39, 0.29) is 17.8 Å². The number of benzene rings is 1. The Morgan fingerprint density at radius 1 is 1.21 bits per heavy atom. The summed E-state index contributed by atoms with van der Waals surface area (Å²) in [6.45, 7) is 3.55. The van der Waals surface area contributed by atoms with Gasteiger partial charge >= 0.3 is 5.63 Å². The molecule has 2 atom stereocenters. The lowest BCUT2D eigenvalue weighted by molar-refractivity contribution is 0.0318. The van der Waals surface area contributed by atoms with E-state index >= 15 is 0 Å². The normalized spacial score (nSPS) is 22.7. The van der Waals surface area contributed by atoms with Crippen molar-refractivity contribution in [3.63, 3.8) is 0 Å². The molecule has 0 radical (unpaired) electrons. The summed E-state index contributed by atoms with van der Waals surface area (Å²) in [6, 6.07) is 6.09. The number of aryl methyl sites for hydroxylation is 2. The minimum atomic E-state index is -0.346. The molecule has 0 saturated carbocycles. The summed E-state index contributed by atoms with van der Waals surface area (Å²) in [7, 11) is 0. The van der Waals surface area contributed by atoms with Crippen molar-refractivity contribution < 1.29 is 9.52 Å². The molecule has 0 bridgehead atoms. The van der Waals surface area contributed by atoms with Gasteiger partial charge in [-0.15, -0.1) is 0 Å². The number of aliphatic hydroxyl groups is 1. The second-order valence-electron chi connectivity index (χ2n) is 7.34. The van der Waals surface area contributed by atoms with Gasteiger partial charge in [-0.05, 0) is 74.4 Å². The summed E-state index contributed by atoms with van der Waals surface area (Å²) < 4.78 is 5.47. The number of hydrogen-bond acceptors (Lipinski definition) is 4. The van der Waals surface area contributed by atoms with Crippen molar-refractivity contribution in [2.45, 2.75) is 64.1 Å². The Bertz CT molecular complexity index is 808. The van der Waals surface area contributed by atoms with Gasteiger partial charge in [-0.25, -0.2) is 4.79 Å². The highest BCUT2D eigenvalue weighted by atomic mass is 16.4. The molecular formula is C20H25NO3. The van der Waals surface area contributed by atoms with E-state index in [2.05, 4.69) is 17.0 Å². The van der Waals surface area contributed by atoms with Crippen LogP contribution in [0.3, 0.4) is 0 Å². The van der Waals surface area contributed by atoms with Crippen molar-refractivity contribution in [2.24, 2.45) is 0 Å². The van der Waals surface area contributed by atoms with E-state index in [1.165, 1.54) is 17.5 Å². The zero-order valence-corrected chi connectivity index (χ0v) is 14.3. The molecular weight excluding hydrogens is 302 g/mol. The van der Waals surface area contributed by atoms with E-state index < -0.39 is 0 Å². The van der Waals surface area contributed by atoms with Crippen LogP contribution >= 0.6 is 0 Å². The largest absolute Gasteiger partial charge is 0.423 e. The number of likely N-dealkylation sites (tertiary alicyclic amines) is 1. The first-order valence-corrected chi connectivity index (χ1v) is 9.12. The number of nitrogens with zero attached hydrogens (tertiary/aromatic N) is 1. The van der Waals surface area contributed by atoms with Crippen molar-refractivity contribution in [2.75, 3.05) is 6.54 Å². The van der Waals surface area contributed by atoms with Crippen LogP contribution in [0.1, 0.15) is 49.3 Å². The maximum atomic E-state index is 12.0. The molecule has 1 fully saturated rings. The van der Waals surface area contributed by atoms with E-state index in [0.717, 1.165) is 49.6 Å². The van der Waals surface area contributed by atoms with E-state index in [0.29, 0.717) is 12.1 Å². The molecule has 4 nitrogen and oxygen atoms in total. The van der Waals surface area contributed by atoms with E-state index in [9.17, 15) is 9.90 Å². The Balaban J connectivity index is 1.74. The Morgan fingerprint density at radius 2 is 2.00 bits per heavy atom. The van der Waals surface area contributed by atoms with Crippen LogP contribution in [0.25, 0.3) is 11.0 Å². The van der Waals surface area contributed by atoms with Crippen LogP contribution < -0.4 is 5.63 Å². The molecule has 1 aliphatic carbocycles. The first kappa shape index (κ1) is 15.9. The highest BCUT2D eigenvalue weighted by molar-refractivity contribution is 5.82. The molecule has 128 valence electrons. The fraction of sp³-hybridized carbons (Fsp3) is 0.550. The molecule has 1 aromatic heterocycles. The average molecular weight is 327 g/mol. The number of rotatable bonds is 3. The molecule has 2 aliphatic rings. The molecule has 1 aromatic carbocycles. The molecule has 4 rings (SSSR count). The van der Waals surface area contributed by atoms with Crippen molar-refractivity contribution in [1.29, 1.82) is 0 Å². The Kier molecular flexibility index (Phi) is 4.19. The van der Waals surface area contributed by atoms with Gasteiger partial charge in [-0.3, -0.25) is 4.90 Å². The van der Waals surface area contributed by atoms with Gasteiger partial charge in [0.15, 0.2) is 0 Å². The number of hydrogen-bond donors (Lipinski definition) is 1. The van der Waals surface area contributed by atoms with Crippen LogP contribution in [0.4, 0.5) is 0 Å². The van der Waals surface area contributed by atoms with Gasteiger partial charge in [-0.1, -0.05) is 6.42 Å². The lowest BCUT2D eigenvalue weighted by Crippen LogP contribution is -2.45. The molecule has 2 aromatic rings. The molecule has 0 spiro atoms. The third-order valence-electron chi connectivity index (χ3n) is 5.64. The van der Waals surface area contributed by atoms with E-state index in [1.807, 2.05) is 6.92 Å². The van der Waals surface area contributed by atoms with Crippen molar-refractivity contribution in [3.05, 3.63) is 45.3 Å². The van der Waals surface area contributed by atoms with Crippen LogP contribution in [0.2, 0.25) is 0 Å².